The van der Waals surface area contributed by atoms with Gasteiger partial charge in [0.2, 0.25) is 5.91 Å². The lowest BCUT2D eigenvalue weighted by Crippen LogP contribution is -2.40. The molecule has 0 radical (unpaired) electrons. The summed E-state index contributed by atoms with van der Waals surface area (Å²) in [5, 5.41) is 5.38. The van der Waals surface area contributed by atoms with E-state index in [1.165, 1.54) is 0 Å². The zero-order chi connectivity index (χ0) is 18.2. The van der Waals surface area contributed by atoms with Crippen LogP contribution in [0.5, 0.6) is 0 Å². The van der Waals surface area contributed by atoms with E-state index in [-0.39, 0.29) is 24.3 Å². The van der Waals surface area contributed by atoms with E-state index in [1.54, 1.807) is 29.2 Å². The maximum atomic E-state index is 12.2. The van der Waals surface area contributed by atoms with Crippen LogP contribution in [0.4, 0.5) is 5.69 Å². The van der Waals surface area contributed by atoms with Gasteiger partial charge in [-0.3, -0.25) is 14.4 Å². The molecule has 0 saturated carbocycles. The SMILES string of the molecule is CCN(CC)C(=O)CNC(=O)c1cccc(NC(=O)C2CCCO2)c1. The van der Waals surface area contributed by atoms with Crippen molar-refractivity contribution in [1.29, 1.82) is 0 Å². The number of nitrogens with one attached hydrogen (secondary N) is 2. The first kappa shape index (κ1) is 18.9. The number of anilines is 1. The monoisotopic (exact) mass is 347 g/mol. The van der Waals surface area contributed by atoms with Crippen LogP contribution in [0, 0.1) is 0 Å². The van der Waals surface area contributed by atoms with E-state index < -0.39 is 6.10 Å². The molecular weight excluding hydrogens is 322 g/mol. The molecule has 1 heterocycles. The summed E-state index contributed by atoms with van der Waals surface area (Å²) in [4.78, 5) is 37.9. The highest BCUT2D eigenvalue weighted by molar-refractivity contribution is 5.99. The number of benzene rings is 1. The number of carbonyl (C=O) groups excluding carboxylic acids is 3. The molecule has 0 aliphatic carbocycles. The summed E-state index contributed by atoms with van der Waals surface area (Å²) in [6.45, 7) is 5.55. The van der Waals surface area contributed by atoms with E-state index in [9.17, 15) is 14.4 Å². The highest BCUT2D eigenvalue weighted by Crippen LogP contribution is 2.16. The number of ether oxygens (including phenoxy) is 1. The minimum Gasteiger partial charge on any atom is -0.368 e. The van der Waals surface area contributed by atoms with Gasteiger partial charge in [-0.1, -0.05) is 6.07 Å². The fraction of sp³-hybridized carbons (Fsp3) is 0.500. The van der Waals surface area contributed by atoms with Gasteiger partial charge in [0.25, 0.3) is 11.8 Å². The predicted octanol–water partition coefficient (Wildman–Crippen LogP) is 1.40. The normalized spacial score (nSPS) is 16.3. The van der Waals surface area contributed by atoms with E-state index in [0.717, 1.165) is 6.42 Å². The first-order valence-electron chi connectivity index (χ1n) is 8.63. The molecule has 1 unspecified atom stereocenters. The molecule has 0 aromatic heterocycles. The number of rotatable bonds is 7. The molecule has 7 heteroatoms. The van der Waals surface area contributed by atoms with Crippen molar-refractivity contribution >= 4 is 23.4 Å². The Morgan fingerprint density at radius 1 is 1.24 bits per heavy atom. The summed E-state index contributed by atoms with van der Waals surface area (Å²) in [5.74, 6) is -0.679. The summed E-state index contributed by atoms with van der Waals surface area (Å²) in [5.41, 5.74) is 0.917. The summed E-state index contributed by atoms with van der Waals surface area (Å²) < 4.78 is 5.34. The van der Waals surface area contributed by atoms with Gasteiger partial charge in [-0.2, -0.15) is 0 Å². The Kier molecular flexibility index (Phi) is 6.94. The number of nitrogens with zero attached hydrogens (tertiary/aromatic N) is 1. The molecule has 0 spiro atoms. The third-order valence-electron chi connectivity index (χ3n) is 4.13. The number of amides is 3. The fourth-order valence-corrected chi connectivity index (χ4v) is 2.69. The fourth-order valence-electron chi connectivity index (χ4n) is 2.69. The maximum absolute atomic E-state index is 12.2. The van der Waals surface area contributed by atoms with E-state index in [2.05, 4.69) is 10.6 Å². The van der Waals surface area contributed by atoms with Crippen LogP contribution in [0.3, 0.4) is 0 Å². The predicted molar refractivity (Wildman–Crippen MR) is 94.3 cm³/mol. The third-order valence-corrected chi connectivity index (χ3v) is 4.13. The molecule has 136 valence electrons. The Morgan fingerprint density at radius 3 is 2.64 bits per heavy atom. The van der Waals surface area contributed by atoms with Gasteiger partial charge >= 0.3 is 0 Å². The Balaban J connectivity index is 1.92. The van der Waals surface area contributed by atoms with Crippen LogP contribution in [0.25, 0.3) is 0 Å². The summed E-state index contributed by atoms with van der Waals surface area (Å²) in [6.07, 6.45) is 1.16. The van der Waals surface area contributed by atoms with Gasteiger partial charge < -0.3 is 20.3 Å². The Labute approximate surface area is 147 Å². The van der Waals surface area contributed by atoms with Gasteiger partial charge in [0.1, 0.15) is 6.10 Å². The van der Waals surface area contributed by atoms with Crippen LogP contribution in [-0.2, 0) is 14.3 Å². The molecule has 1 fully saturated rings. The van der Waals surface area contributed by atoms with Crippen molar-refractivity contribution in [3.63, 3.8) is 0 Å². The van der Waals surface area contributed by atoms with Crippen LogP contribution in [-0.4, -0.2) is 55.0 Å². The van der Waals surface area contributed by atoms with Gasteiger partial charge in [0, 0.05) is 30.9 Å². The summed E-state index contributed by atoms with van der Waals surface area (Å²) >= 11 is 0. The van der Waals surface area contributed by atoms with Crippen LogP contribution < -0.4 is 10.6 Å². The standard InChI is InChI=1S/C18H25N3O4/c1-3-21(4-2)16(22)12-19-17(23)13-7-5-8-14(11-13)20-18(24)15-9-6-10-25-15/h5,7-8,11,15H,3-4,6,9-10,12H2,1-2H3,(H,19,23)(H,20,24). The van der Waals surface area contributed by atoms with Crippen molar-refractivity contribution in [1.82, 2.24) is 10.2 Å². The third kappa shape index (κ3) is 5.29. The number of likely N-dealkylation sites (N-methyl/N-ethyl adjacent to an activating group) is 1. The van der Waals surface area contributed by atoms with Crippen LogP contribution >= 0.6 is 0 Å². The number of hydrogen-bond acceptors (Lipinski definition) is 4. The Morgan fingerprint density at radius 2 is 2.00 bits per heavy atom. The second-order valence-electron chi connectivity index (χ2n) is 5.82. The Bertz CT molecular complexity index is 623. The summed E-state index contributed by atoms with van der Waals surface area (Å²) in [6, 6.07) is 6.62. The molecule has 25 heavy (non-hydrogen) atoms. The van der Waals surface area contributed by atoms with Crippen LogP contribution in [0.1, 0.15) is 37.0 Å². The minimum atomic E-state index is -0.427. The molecule has 2 rings (SSSR count). The smallest absolute Gasteiger partial charge is 0.253 e. The van der Waals surface area contributed by atoms with Crippen molar-refractivity contribution in [3.05, 3.63) is 29.8 Å². The second-order valence-corrected chi connectivity index (χ2v) is 5.82. The quantitative estimate of drug-likeness (QED) is 0.780. The highest BCUT2D eigenvalue weighted by atomic mass is 16.5. The molecule has 7 nitrogen and oxygen atoms in total. The van der Waals surface area contributed by atoms with E-state index in [4.69, 9.17) is 4.74 Å². The zero-order valence-corrected chi connectivity index (χ0v) is 14.7. The van der Waals surface area contributed by atoms with Crippen molar-refractivity contribution in [2.24, 2.45) is 0 Å². The van der Waals surface area contributed by atoms with E-state index >= 15 is 0 Å². The molecule has 2 N–H and O–H groups in total. The summed E-state index contributed by atoms with van der Waals surface area (Å²) in [7, 11) is 0. The molecule has 0 bridgehead atoms. The van der Waals surface area contributed by atoms with Crippen molar-refractivity contribution in [2.45, 2.75) is 32.8 Å². The average molecular weight is 347 g/mol. The number of hydrogen-bond donors (Lipinski definition) is 2. The molecule has 1 aromatic rings. The van der Waals surface area contributed by atoms with Crippen molar-refractivity contribution in [2.75, 3.05) is 31.6 Å². The molecular formula is C18H25N3O4. The maximum Gasteiger partial charge on any atom is 0.253 e. The molecule has 1 aliphatic rings. The lowest BCUT2D eigenvalue weighted by Gasteiger charge is -2.18. The highest BCUT2D eigenvalue weighted by Gasteiger charge is 2.23. The second kappa shape index (κ2) is 9.17. The van der Waals surface area contributed by atoms with Crippen molar-refractivity contribution in [3.8, 4) is 0 Å². The van der Waals surface area contributed by atoms with Gasteiger partial charge in [0.05, 0.1) is 6.54 Å². The minimum absolute atomic E-state index is 0.0486. The van der Waals surface area contributed by atoms with Crippen LogP contribution in [0.15, 0.2) is 24.3 Å². The molecule has 1 aromatic carbocycles. The largest absolute Gasteiger partial charge is 0.368 e. The van der Waals surface area contributed by atoms with Gasteiger partial charge in [0.15, 0.2) is 0 Å². The van der Waals surface area contributed by atoms with Gasteiger partial charge in [-0.05, 0) is 44.9 Å². The van der Waals surface area contributed by atoms with E-state index in [1.807, 2.05) is 13.8 Å². The lowest BCUT2D eigenvalue weighted by atomic mass is 10.1. The van der Waals surface area contributed by atoms with E-state index in [0.29, 0.717) is 37.4 Å². The molecule has 1 aliphatic heterocycles. The van der Waals surface area contributed by atoms with Crippen LogP contribution in [0.2, 0.25) is 0 Å². The van der Waals surface area contributed by atoms with Gasteiger partial charge in [-0.25, -0.2) is 0 Å². The topological polar surface area (TPSA) is 87.7 Å². The molecule has 1 atom stereocenters. The van der Waals surface area contributed by atoms with Crippen molar-refractivity contribution < 1.29 is 19.1 Å². The Hall–Kier alpha value is -2.41. The molecule has 3 amide bonds. The number of carbonyl (C=O) groups is 3. The molecule has 1 saturated heterocycles. The first-order valence-corrected chi connectivity index (χ1v) is 8.63. The average Bonchev–Trinajstić information content (AvgIpc) is 3.15. The zero-order valence-electron chi connectivity index (χ0n) is 14.7. The first-order chi connectivity index (χ1) is 12.0. The van der Waals surface area contributed by atoms with Gasteiger partial charge in [-0.15, -0.1) is 0 Å². The lowest BCUT2D eigenvalue weighted by molar-refractivity contribution is -0.129.